The van der Waals surface area contributed by atoms with Gasteiger partial charge < -0.3 is 10.2 Å². The summed E-state index contributed by atoms with van der Waals surface area (Å²) in [6.45, 7) is 4.40. The summed E-state index contributed by atoms with van der Waals surface area (Å²) in [5, 5.41) is 2.73. The molecule has 1 rings (SSSR count). The maximum Gasteiger partial charge on any atom is 0.245 e. The van der Waals surface area contributed by atoms with Crippen molar-refractivity contribution in [1.29, 1.82) is 0 Å². The van der Waals surface area contributed by atoms with Crippen molar-refractivity contribution in [3.8, 4) is 0 Å². The average Bonchev–Trinajstić information content (AvgIpc) is 2.30. The molecule has 2 atom stereocenters. The van der Waals surface area contributed by atoms with Crippen LogP contribution in [0.25, 0.3) is 0 Å². The number of carbonyl (C=O) groups is 2. The van der Waals surface area contributed by atoms with E-state index in [4.69, 9.17) is 0 Å². The summed E-state index contributed by atoms with van der Waals surface area (Å²) in [5.74, 6) is 1.16. The van der Waals surface area contributed by atoms with Gasteiger partial charge in [-0.15, -0.1) is 0 Å². The highest BCUT2D eigenvalue weighted by molar-refractivity contribution is 7.98. The zero-order valence-corrected chi connectivity index (χ0v) is 11.7. The van der Waals surface area contributed by atoms with E-state index < -0.39 is 0 Å². The Balaban J connectivity index is 2.56. The summed E-state index contributed by atoms with van der Waals surface area (Å²) in [4.78, 5) is 25.5. The number of unbranched alkanes of at least 4 members (excludes halogenated alkanes) is 1. The first-order chi connectivity index (χ1) is 8.11. The van der Waals surface area contributed by atoms with E-state index in [0.29, 0.717) is 13.0 Å². The number of hydrogen-bond acceptors (Lipinski definition) is 3. The molecule has 0 aromatic carbocycles. The van der Waals surface area contributed by atoms with Gasteiger partial charge >= 0.3 is 0 Å². The summed E-state index contributed by atoms with van der Waals surface area (Å²) >= 11 is 1.81. The Morgan fingerprint density at radius 1 is 1.35 bits per heavy atom. The van der Waals surface area contributed by atoms with Gasteiger partial charge in [0.15, 0.2) is 0 Å². The van der Waals surface area contributed by atoms with Crippen LogP contribution in [-0.4, -0.2) is 47.4 Å². The van der Waals surface area contributed by atoms with Gasteiger partial charge in [0.1, 0.15) is 12.1 Å². The number of rotatable bonds is 6. The Hall–Kier alpha value is -0.710. The second-order valence-electron chi connectivity index (χ2n) is 4.39. The molecule has 1 aliphatic heterocycles. The standard InChI is InChI=1S/C12H22N2O2S/c1-4-10-11(15)13-9(2)12(16)14(10)7-5-6-8-17-3/h9-10H,4-8H2,1-3H3,(H,13,15). The second-order valence-corrected chi connectivity index (χ2v) is 5.37. The van der Waals surface area contributed by atoms with Gasteiger partial charge in [0.2, 0.25) is 11.8 Å². The molecule has 2 unspecified atom stereocenters. The lowest BCUT2D eigenvalue weighted by Gasteiger charge is -2.37. The van der Waals surface area contributed by atoms with Crippen LogP contribution in [0.3, 0.4) is 0 Å². The van der Waals surface area contributed by atoms with Crippen molar-refractivity contribution in [2.24, 2.45) is 0 Å². The Bertz CT molecular complexity index is 284. The maximum atomic E-state index is 12.0. The summed E-state index contributed by atoms with van der Waals surface area (Å²) in [6, 6.07) is -0.640. The van der Waals surface area contributed by atoms with Crippen LogP contribution < -0.4 is 5.32 Å². The first-order valence-electron chi connectivity index (χ1n) is 6.21. The van der Waals surface area contributed by atoms with Crippen molar-refractivity contribution >= 4 is 23.6 Å². The van der Waals surface area contributed by atoms with Crippen LogP contribution in [0.4, 0.5) is 0 Å². The first kappa shape index (κ1) is 14.4. The molecule has 98 valence electrons. The molecule has 1 fully saturated rings. The third-order valence-corrected chi connectivity index (χ3v) is 3.77. The topological polar surface area (TPSA) is 49.4 Å². The molecular weight excluding hydrogens is 236 g/mol. The Labute approximate surface area is 108 Å². The van der Waals surface area contributed by atoms with E-state index in [-0.39, 0.29) is 23.9 Å². The molecular formula is C12H22N2O2S. The fourth-order valence-electron chi connectivity index (χ4n) is 2.12. The van der Waals surface area contributed by atoms with Gasteiger partial charge in [-0.05, 0) is 38.2 Å². The molecule has 1 saturated heterocycles. The van der Waals surface area contributed by atoms with Gasteiger partial charge in [0.25, 0.3) is 0 Å². The minimum atomic E-state index is -0.370. The molecule has 17 heavy (non-hydrogen) atoms. The van der Waals surface area contributed by atoms with Gasteiger partial charge in [0.05, 0.1) is 0 Å². The van der Waals surface area contributed by atoms with E-state index in [9.17, 15) is 9.59 Å². The number of hydrogen-bond donors (Lipinski definition) is 1. The lowest BCUT2D eigenvalue weighted by Crippen LogP contribution is -2.62. The van der Waals surface area contributed by atoms with Crippen molar-refractivity contribution in [3.05, 3.63) is 0 Å². The minimum Gasteiger partial charge on any atom is -0.343 e. The molecule has 0 radical (unpaired) electrons. The smallest absolute Gasteiger partial charge is 0.245 e. The van der Waals surface area contributed by atoms with Crippen LogP contribution >= 0.6 is 11.8 Å². The zero-order valence-electron chi connectivity index (χ0n) is 10.9. The molecule has 0 aromatic rings. The molecule has 0 aliphatic carbocycles. The van der Waals surface area contributed by atoms with Gasteiger partial charge in [-0.2, -0.15) is 11.8 Å². The molecule has 0 saturated carbocycles. The summed E-state index contributed by atoms with van der Waals surface area (Å²) < 4.78 is 0. The highest BCUT2D eigenvalue weighted by atomic mass is 32.2. The van der Waals surface area contributed by atoms with Crippen LogP contribution in [0.2, 0.25) is 0 Å². The molecule has 5 heteroatoms. The van der Waals surface area contributed by atoms with E-state index >= 15 is 0 Å². The van der Waals surface area contributed by atoms with Gasteiger partial charge in [-0.3, -0.25) is 9.59 Å². The van der Waals surface area contributed by atoms with Crippen molar-refractivity contribution in [2.45, 2.75) is 45.2 Å². The highest BCUT2D eigenvalue weighted by Crippen LogP contribution is 2.14. The SMILES string of the molecule is CCC1C(=O)NC(C)C(=O)N1CCCCSC. The van der Waals surface area contributed by atoms with E-state index in [1.165, 1.54) is 0 Å². The van der Waals surface area contributed by atoms with Gasteiger partial charge in [-0.25, -0.2) is 0 Å². The van der Waals surface area contributed by atoms with Gasteiger partial charge in [0, 0.05) is 6.54 Å². The van der Waals surface area contributed by atoms with E-state index in [0.717, 1.165) is 18.6 Å². The fraction of sp³-hybridized carbons (Fsp3) is 0.833. The Morgan fingerprint density at radius 2 is 2.06 bits per heavy atom. The van der Waals surface area contributed by atoms with Crippen molar-refractivity contribution in [2.75, 3.05) is 18.6 Å². The number of thioether (sulfide) groups is 1. The van der Waals surface area contributed by atoms with E-state index in [1.807, 2.05) is 18.7 Å². The molecule has 1 aliphatic rings. The summed E-state index contributed by atoms with van der Waals surface area (Å²) in [6.07, 6.45) is 4.84. The molecule has 1 heterocycles. The average molecular weight is 258 g/mol. The summed E-state index contributed by atoms with van der Waals surface area (Å²) in [7, 11) is 0. The van der Waals surface area contributed by atoms with Crippen molar-refractivity contribution in [1.82, 2.24) is 10.2 Å². The predicted molar refractivity (Wildman–Crippen MR) is 71.0 cm³/mol. The predicted octanol–water partition coefficient (Wildman–Crippen LogP) is 1.26. The second kappa shape index (κ2) is 6.89. The molecule has 1 N–H and O–H groups in total. The van der Waals surface area contributed by atoms with E-state index in [1.54, 1.807) is 11.8 Å². The van der Waals surface area contributed by atoms with Crippen molar-refractivity contribution in [3.63, 3.8) is 0 Å². The number of piperazine rings is 1. The van der Waals surface area contributed by atoms with Crippen LogP contribution in [0.15, 0.2) is 0 Å². The maximum absolute atomic E-state index is 12.0. The fourth-order valence-corrected chi connectivity index (χ4v) is 2.61. The monoisotopic (exact) mass is 258 g/mol. The van der Waals surface area contributed by atoms with Crippen molar-refractivity contribution < 1.29 is 9.59 Å². The van der Waals surface area contributed by atoms with Crippen LogP contribution in [0.1, 0.15) is 33.1 Å². The van der Waals surface area contributed by atoms with Crippen LogP contribution in [-0.2, 0) is 9.59 Å². The number of amides is 2. The number of nitrogens with zero attached hydrogens (tertiary/aromatic N) is 1. The molecule has 0 aromatic heterocycles. The minimum absolute atomic E-state index is 0.00975. The molecule has 2 amide bonds. The van der Waals surface area contributed by atoms with Crippen LogP contribution in [0, 0.1) is 0 Å². The van der Waals surface area contributed by atoms with E-state index in [2.05, 4.69) is 11.6 Å². The Kier molecular flexibility index (Phi) is 5.82. The first-order valence-corrected chi connectivity index (χ1v) is 7.61. The lowest BCUT2D eigenvalue weighted by molar-refractivity contribution is -0.149. The Morgan fingerprint density at radius 3 is 2.65 bits per heavy atom. The number of carbonyl (C=O) groups excluding carboxylic acids is 2. The highest BCUT2D eigenvalue weighted by Gasteiger charge is 2.36. The number of nitrogens with one attached hydrogen (secondary N) is 1. The zero-order chi connectivity index (χ0) is 12.8. The third-order valence-electron chi connectivity index (χ3n) is 3.08. The quantitative estimate of drug-likeness (QED) is 0.730. The molecule has 0 spiro atoms. The van der Waals surface area contributed by atoms with Gasteiger partial charge in [-0.1, -0.05) is 6.92 Å². The molecule has 4 nitrogen and oxygen atoms in total. The normalized spacial score (nSPS) is 25.0. The van der Waals surface area contributed by atoms with Crippen LogP contribution in [0.5, 0.6) is 0 Å². The largest absolute Gasteiger partial charge is 0.343 e. The summed E-state index contributed by atoms with van der Waals surface area (Å²) in [5.41, 5.74) is 0. The third kappa shape index (κ3) is 3.63. The molecule has 0 bridgehead atoms. The lowest BCUT2D eigenvalue weighted by atomic mass is 10.1.